The first-order valence-electron chi connectivity index (χ1n) is 9.14. The van der Waals surface area contributed by atoms with E-state index in [9.17, 15) is 14.4 Å². The summed E-state index contributed by atoms with van der Waals surface area (Å²) in [5.41, 5.74) is 9.45. The number of likely N-dealkylation sites (N-methyl/N-ethyl adjacent to an activating group) is 1. The zero-order valence-corrected chi connectivity index (χ0v) is 15.5. The third-order valence-electron chi connectivity index (χ3n) is 4.99. The molecule has 1 aromatic rings. The van der Waals surface area contributed by atoms with Gasteiger partial charge < -0.3 is 21.1 Å². The molecular formula is C20H21N5O3. The van der Waals surface area contributed by atoms with Gasteiger partial charge in [0, 0.05) is 31.1 Å². The van der Waals surface area contributed by atoms with Crippen LogP contribution in [0.25, 0.3) is 5.70 Å². The molecule has 0 aliphatic carbocycles. The number of carbonyl (C=O) groups excluding carboxylic acids is 3. The smallest absolute Gasteiger partial charge is 0.277 e. The summed E-state index contributed by atoms with van der Waals surface area (Å²) in [7, 11) is 1.48. The second-order valence-electron chi connectivity index (χ2n) is 6.86. The fourth-order valence-electron chi connectivity index (χ4n) is 3.58. The van der Waals surface area contributed by atoms with Crippen LogP contribution in [0.4, 0.5) is 5.69 Å². The molecule has 8 heteroatoms. The summed E-state index contributed by atoms with van der Waals surface area (Å²) in [4.78, 5) is 39.8. The second kappa shape index (κ2) is 7.22. The Bertz CT molecular complexity index is 930. The minimum atomic E-state index is -0.326. The zero-order chi connectivity index (χ0) is 19.7. The first-order valence-corrected chi connectivity index (χ1v) is 9.14. The summed E-state index contributed by atoms with van der Waals surface area (Å²) in [6.07, 6.45) is 6.97. The summed E-state index contributed by atoms with van der Waals surface area (Å²) in [6, 6.07) is 7.47. The Balaban J connectivity index is 1.42. The van der Waals surface area contributed by atoms with Gasteiger partial charge in [-0.3, -0.25) is 19.3 Å². The quantitative estimate of drug-likeness (QED) is 0.674. The maximum absolute atomic E-state index is 12.5. The van der Waals surface area contributed by atoms with Crippen LogP contribution in [-0.2, 0) is 14.4 Å². The standard InChI is InChI=1S/C20H21N5O3/c1-24-19(27)15-4-3-11-25(18(15)20(24)28)12-17(26)22-14-8-6-13(7-9-14)16-5-2-10-21-23-16/h2,5-10,21,23H,3-4,11-12H2,1H3,(H,22,26). The number of hydrazine groups is 1. The number of nitrogens with zero attached hydrogens (tertiary/aromatic N) is 2. The van der Waals surface area contributed by atoms with E-state index in [1.165, 1.54) is 7.05 Å². The highest BCUT2D eigenvalue weighted by Crippen LogP contribution is 2.30. The zero-order valence-electron chi connectivity index (χ0n) is 15.5. The Morgan fingerprint density at radius 2 is 1.96 bits per heavy atom. The molecule has 3 amide bonds. The maximum atomic E-state index is 12.5. The number of hydrogen-bond donors (Lipinski definition) is 3. The van der Waals surface area contributed by atoms with Crippen molar-refractivity contribution < 1.29 is 14.4 Å². The lowest BCUT2D eigenvalue weighted by Crippen LogP contribution is -2.38. The molecule has 0 unspecified atom stereocenters. The number of rotatable bonds is 4. The predicted octanol–water partition coefficient (Wildman–Crippen LogP) is 0.936. The van der Waals surface area contributed by atoms with Crippen LogP contribution < -0.4 is 16.2 Å². The highest BCUT2D eigenvalue weighted by molar-refractivity contribution is 6.19. The number of carbonyl (C=O) groups is 3. The number of anilines is 1. The van der Waals surface area contributed by atoms with Gasteiger partial charge in [-0.1, -0.05) is 12.1 Å². The number of allylic oxidation sites excluding steroid dienone is 2. The molecule has 0 atom stereocenters. The molecule has 3 heterocycles. The van der Waals surface area contributed by atoms with Crippen molar-refractivity contribution in [1.29, 1.82) is 0 Å². The highest BCUT2D eigenvalue weighted by Gasteiger charge is 2.40. The molecule has 4 rings (SSSR count). The summed E-state index contributed by atoms with van der Waals surface area (Å²) >= 11 is 0. The van der Waals surface area contributed by atoms with Gasteiger partial charge in [0.15, 0.2) is 0 Å². The fourth-order valence-corrected chi connectivity index (χ4v) is 3.58. The largest absolute Gasteiger partial charge is 0.357 e. The summed E-state index contributed by atoms with van der Waals surface area (Å²) < 4.78 is 0. The average Bonchev–Trinajstić information content (AvgIpc) is 2.94. The lowest BCUT2D eigenvalue weighted by molar-refractivity contribution is -0.136. The van der Waals surface area contributed by atoms with Crippen molar-refractivity contribution in [3.63, 3.8) is 0 Å². The third kappa shape index (κ3) is 3.24. The lowest BCUT2D eigenvalue weighted by atomic mass is 10.0. The summed E-state index contributed by atoms with van der Waals surface area (Å²) in [5.74, 6) is -0.806. The normalized spacial score (nSPS) is 18.5. The molecule has 28 heavy (non-hydrogen) atoms. The van der Waals surface area contributed by atoms with Crippen LogP contribution in [-0.4, -0.2) is 47.7 Å². The first kappa shape index (κ1) is 17.8. The molecule has 0 bridgehead atoms. The SMILES string of the molecule is CN1C(=O)C2=C(C1=O)N(CC(=O)Nc1ccc(C3=CC=CNN3)cc1)CCC2. The molecule has 3 aliphatic heterocycles. The average molecular weight is 379 g/mol. The Morgan fingerprint density at radius 3 is 2.68 bits per heavy atom. The topological polar surface area (TPSA) is 93.8 Å². The second-order valence-corrected chi connectivity index (χ2v) is 6.86. The molecule has 144 valence electrons. The summed E-state index contributed by atoms with van der Waals surface area (Å²) in [5, 5.41) is 2.85. The lowest BCUT2D eigenvalue weighted by Gasteiger charge is -2.28. The molecule has 1 aromatic carbocycles. The van der Waals surface area contributed by atoms with Crippen molar-refractivity contribution in [1.82, 2.24) is 20.7 Å². The van der Waals surface area contributed by atoms with Gasteiger partial charge in [-0.2, -0.15) is 0 Å². The Morgan fingerprint density at radius 1 is 1.18 bits per heavy atom. The first-order chi connectivity index (χ1) is 13.5. The van der Waals surface area contributed by atoms with Crippen molar-refractivity contribution in [3.05, 3.63) is 59.5 Å². The molecule has 0 fully saturated rings. The third-order valence-corrected chi connectivity index (χ3v) is 4.99. The van der Waals surface area contributed by atoms with E-state index in [-0.39, 0.29) is 24.3 Å². The van der Waals surface area contributed by atoms with Crippen molar-refractivity contribution in [3.8, 4) is 0 Å². The van der Waals surface area contributed by atoms with Crippen LogP contribution in [0.1, 0.15) is 18.4 Å². The van der Waals surface area contributed by atoms with Gasteiger partial charge >= 0.3 is 0 Å². The van der Waals surface area contributed by atoms with Crippen molar-refractivity contribution >= 4 is 29.1 Å². The number of imide groups is 1. The van der Waals surface area contributed by atoms with E-state index >= 15 is 0 Å². The van der Waals surface area contributed by atoms with Gasteiger partial charge in [0.25, 0.3) is 11.8 Å². The van der Waals surface area contributed by atoms with Crippen LogP contribution in [0.15, 0.2) is 53.9 Å². The van der Waals surface area contributed by atoms with Gasteiger partial charge in [0.1, 0.15) is 5.70 Å². The molecule has 0 radical (unpaired) electrons. The van der Waals surface area contributed by atoms with E-state index in [0.717, 1.165) is 22.6 Å². The molecule has 0 saturated heterocycles. The molecule has 8 nitrogen and oxygen atoms in total. The summed E-state index contributed by atoms with van der Waals surface area (Å²) in [6.45, 7) is 0.618. The monoisotopic (exact) mass is 379 g/mol. The number of amides is 3. The number of nitrogens with one attached hydrogen (secondary N) is 3. The van der Waals surface area contributed by atoms with E-state index in [1.54, 1.807) is 11.1 Å². The Kier molecular flexibility index (Phi) is 4.60. The minimum absolute atomic E-state index is 0.0366. The van der Waals surface area contributed by atoms with Crippen molar-refractivity contribution in [2.75, 3.05) is 25.5 Å². The van der Waals surface area contributed by atoms with Gasteiger partial charge in [-0.05, 0) is 42.7 Å². The molecule has 0 spiro atoms. The van der Waals surface area contributed by atoms with E-state index in [4.69, 9.17) is 0 Å². The predicted molar refractivity (Wildman–Crippen MR) is 104 cm³/mol. The molecular weight excluding hydrogens is 358 g/mol. The number of hydrogen-bond acceptors (Lipinski definition) is 6. The highest BCUT2D eigenvalue weighted by atomic mass is 16.2. The van der Waals surface area contributed by atoms with E-state index in [1.807, 2.05) is 36.4 Å². The Hall–Kier alpha value is -3.55. The van der Waals surface area contributed by atoms with Gasteiger partial charge in [0.2, 0.25) is 5.91 Å². The molecule has 0 aromatic heterocycles. The Labute approximate surface area is 162 Å². The minimum Gasteiger partial charge on any atom is -0.357 e. The van der Waals surface area contributed by atoms with Gasteiger partial charge in [-0.25, -0.2) is 0 Å². The van der Waals surface area contributed by atoms with E-state index < -0.39 is 0 Å². The van der Waals surface area contributed by atoms with Crippen LogP contribution in [0, 0.1) is 0 Å². The fraction of sp³-hybridized carbons (Fsp3) is 0.250. The molecule has 3 aliphatic rings. The van der Waals surface area contributed by atoms with Crippen LogP contribution >= 0.6 is 0 Å². The van der Waals surface area contributed by atoms with Crippen LogP contribution in [0.3, 0.4) is 0 Å². The van der Waals surface area contributed by atoms with Crippen molar-refractivity contribution in [2.45, 2.75) is 12.8 Å². The van der Waals surface area contributed by atoms with Crippen LogP contribution in [0.2, 0.25) is 0 Å². The van der Waals surface area contributed by atoms with E-state index in [2.05, 4.69) is 16.2 Å². The van der Waals surface area contributed by atoms with E-state index in [0.29, 0.717) is 29.9 Å². The number of benzene rings is 1. The van der Waals surface area contributed by atoms with Crippen molar-refractivity contribution in [2.24, 2.45) is 0 Å². The van der Waals surface area contributed by atoms with Gasteiger partial charge in [0.05, 0.1) is 12.2 Å². The van der Waals surface area contributed by atoms with Gasteiger partial charge in [-0.15, -0.1) is 0 Å². The van der Waals surface area contributed by atoms with Crippen LogP contribution in [0.5, 0.6) is 0 Å². The maximum Gasteiger partial charge on any atom is 0.277 e. The molecule has 0 saturated carbocycles. The molecule has 3 N–H and O–H groups in total.